The van der Waals surface area contributed by atoms with Crippen LogP contribution < -0.4 is 0 Å². The molecule has 0 atom stereocenters. The van der Waals surface area contributed by atoms with E-state index in [0.29, 0.717) is 0 Å². The molecule has 0 aliphatic heterocycles. The molecule has 0 rings (SSSR count). The highest BCUT2D eigenvalue weighted by atomic mass is 14.7. The van der Waals surface area contributed by atoms with Gasteiger partial charge in [0.1, 0.15) is 0 Å². The van der Waals surface area contributed by atoms with E-state index in [1.54, 1.807) is 6.21 Å². The summed E-state index contributed by atoms with van der Waals surface area (Å²) in [5.41, 5.74) is 3.38. The van der Waals surface area contributed by atoms with Gasteiger partial charge in [0.25, 0.3) is 0 Å². The second kappa shape index (κ2) is 5.53. The molecule has 0 amide bonds. The summed E-state index contributed by atoms with van der Waals surface area (Å²) in [6.07, 6.45) is 5.66. The van der Waals surface area contributed by atoms with Crippen LogP contribution in [0.4, 0.5) is 0 Å². The second-order valence-corrected chi connectivity index (χ2v) is 2.87. The van der Waals surface area contributed by atoms with E-state index >= 15 is 0 Å². The normalized spacial score (nSPS) is 11.8. The molecule has 0 N–H and O–H groups in total. The highest BCUT2D eigenvalue weighted by molar-refractivity contribution is 5.56. The Labute approximate surface area is 75.2 Å². The maximum atomic E-state index is 4.24. The van der Waals surface area contributed by atoms with E-state index in [-0.39, 0.29) is 0 Å². The van der Waals surface area contributed by atoms with Crippen molar-refractivity contribution in [2.45, 2.75) is 27.7 Å². The summed E-state index contributed by atoms with van der Waals surface area (Å²) >= 11 is 0. The average Bonchev–Trinajstić information content (AvgIpc) is 2.03. The van der Waals surface area contributed by atoms with Crippen LogP contribution in [0.3, 0.4) is 0 Å². The maximum Gasteiger partial charge on any atom is 0.0614 e. The Bertz CT molecular complexity index is 238. The molecular weight excluding hydrogens is 146 g/mol. The first-order valence-electron chi connectivity index (χ1n) is 4.08. The first-order valence-corrected chi connectivity index (χ1v) is 4.08. The van der Waals surface area contributed by atoms with Crippen LogP contribution >= 0.6 is 0 Å². The first-order chi connectivity index (χ1) is 5.61. The van der Waals surface area contributed by atoms with Gasteiger partial charge in [0, 0.05) is 6.21 Å². The van der Waals surface area contributed by atoms with Crippen molar-refractivity contribution in [3.05, 3.63) is 35.6 Å². The summed E-state index contributed by atoms with van der Waals surface area (Å²) in [4.78, 5) is 4.24. The summed E-state index contributed by atoms with van der Waals surface area (Å²) in [5, 5.41) is 0. The molecule has 0 aromatic rings. The Morgan fingerprint density at radius 2 is 1.83 bits per heavy atom. The lowest BCUT2D eigenvalue weighted by atomic mass is 10.2. The molecule has 0 heterocycles. The fourth-order valence-electron chi connectivity index (χ4n) is 0.724. The SMILES string of the molecule is C=C/C(C)=C\C(/N=C\C)=C(C)C. The smallest absolute Gasteiger partial charge is 0.0614 e. The van der Waals surface area contributed by atoms with Gasteiger partial charge in [0.15, 0.2) is 0 Å². The summed E-state index contributed by atoms with van der Waals surface area (Å²) in [6, 6.07) is 0. The van der Waals surface area contributed by atoms with Gasteiger partial charge in [-0.3, -0.25) is 4.99 Å². The van der Waals surface area contributed by atoms with Gasteiger partial charge in [0.2, 0.25) is 0 Å². The molecule has 0 fully saturated rings. The third-order valence-corrected chi connectivity index (χ3v) is 1.47. The van der Waals surface area contributed by atoms with Gasteiger partial charge in [-0.1, -0.05) is 18.2 Å². The van der Waals surface area contributed by atoms with Crippen LogP contribution in [0.5, 0.6) is 0 Å². The van der Waals surface area contributed by atoms with Gasteiger partial charge < -0.3 is 0 Å². The molecule has 1 nitrogen and oxygen atoms in total. The van der Waals surface area contributed by atoms with Crippen molar-refractivity contribution in [1.29, 1.82) is 0 Å². The lowest BCUT2D eigenvalue weighted by molar-refractivity contribution is 1.24. The maximum absolute atomic E-state index is 4.24. The van der Waals surface area contributed by atoms with Crippen molar-refractivity contribution >= 4 is 6.21 Å². The number of allylic oxidation sites excluding steroid dienone is 4. The van der Waals surface area contributed by atoms with Crippen molar-refractivity contribution < 1.29 is 0 Å². The molecule has 0 radical (unpaired) electrons. The molecule has 0 aliphatic carbocycles. The molecule has 0 bridgehead atoms. The first kappa shape index (κ1) is 10.9. The second-order valence-electron chi connectivity index (χ2n) is 2.87. The van der Waals surface area contributed by atoms with Crippen molar-refractivity contribution in [1.82, 2.24) is 0 Å². The largest absolute Gasteiger partial charge is 0.262 e. The standard InChI is InChI=1S/C11H17N/c1-6-10(5)8-11(9(3)4)12-7-2/h6-8H,1H2,2-5H3/b10-8-,12-7-. The molecule has 0 aromatic heterocycles. The molecule has 0 spiro atoms. The summed E-state index contributed by atoms with van der Waals surface area (Å²) in [7, 11) is 0. The highest BCUT2D eigenvalue weighted by Gasteiger charge is 1.91. The van der Waals surface area contributed by atoms with Gasteiger partial charge in [0.05, 0.1) is 5.70 Å². The zero-order valence-electron chi connectivity index (χ0n) is 8.39. The van der Waals surface area contributed by atoms with Crippen molar-refractivity contribution in [2.75, 3.05) is 0 Å². The lowest BCUT2D eigenvalue weighted by Gasteiger charge is -1.98. The third kappa shape index (κ3) is 3.91. The van der Waals surface area contributed by atoms with Gasteiger partial charge in [-0.25, -0.2) is 0 Å². The topological polar surface area (TPSA) is 12.4 Å². The predicted molar refractivity (Wildman–Crippen MR) is 56.5 cm³/mol. The Balaban J connectivity index is 4.80. The monoisotopic (exact) mass is 163 g/mol. The third-order valence-electron chi connectivity index (χ3n) is 1.47. The summed E-state index contributed by atoms with van der Waals surface area (Å²) in [6.45, 7) is 11.7. The fourth-order valence-corrected chi connectivity index (χ4v) is 0.724. The van der Waals surface area contributed by atoms with E-state index in [4.69, 9.17) is 0 Å². The fraction of sp³-hybridized carbons (Fsp3) is 0.364. The van der Waals surface area contributed by atoms with Gasteiger partial charge >= 0.3 is 0 Å². The molecule has 66 valence electrons. The number of nitrogens with zero attached hydrogens (tertiary/aromatic N) is 1. The molecule has 1 heteroatoms. The summed E-state index contributed by atoms with van der Waals surface area (Å²) in [5.74, 6) is 0. The molecule has 0 saturated heterocycles. The minimum atomic E-state index is 1.02. The zero-order valence-corrected chi connectivity index (χ0v) is 8.39. The van der Waals surface area contributed by atoms with Gasteiger partial charge in [-0.05, 0) is 39.3 Å². The lowest BCUT2D eigenvalue weighted by Crippen LogP contribution is -1.80. The molecule has 0 aliphatic rings. The van der Waals surface area contributed by atoms with Crippen molar-refractivity contribution in [3.8, 4) is 0 Å². The van der Waals surface area contributed by atoms with E-state index in [1.165, 1.54) is 5.57 Å². The van der Waals surface area contributed by atoms with E-state index in [0.717, 1.165) is 11.3 Å². The Kier molecular flexibility index (Phi) is 5.02. The Morgan fingerprint density at radius 1 is 1.25 bits per heavy atom. The van der Waals surface area contributed by atoms with Crippen LogP contribution in [-0.4, -0.2) is 6.21 Å². The number of hydrogen-bond acceptors (Lipinski definition) is 1. The van der Waals surface area contributed by atoms with Crippen LogP contribution in [0.2, 0.25) is 0 Å². The number of hydrogen-bond donors (Lipinski definition) is 0. The van der Waals surface area contributed by atoms with Gasteiger partial charge in [-0.15, -0.1) is 0 Å². The number of rotatable bonds is 3. The van der Waals surface area contributed by atoms with E-state index in [2.05, 4.69) is 25.4 Å². The van der Waals surface area contributed by atoms with E-state index < -0.39 is 0 Å². The Morgan fingerprint density at radius 3 is 2.17 bits per heavy atom. The van der Waals surface area contributed by atoms with Crippen LogP contribution in [0.15, 0.2) is 40.6 Å². The molecule has 12 heavy (non-hydrogen) atoms. The van der Waals surface area contributed by atoms with Crippen LogP contribution in [0.1, 0.15) is 27.7 Å². The van der Waals surface area contributed by atoms with E-state index in [9.17, 15) is 0 Å². The van der Waals surface area contributed by atoms with Crippen molar-refractivity contribution in [3.63, 3.8) is 0 Å². The van der Waals surface area contributed by atoms with Crippen LogP contribution in [0.25, 0.3) is 0 Å². The minimum Gasteiger partial charge on any atom is -0.262 e. The molecule has 0 saturated carbocycles. The van der Waals surface area contributed by atoms with Crippen molar-refractivity contribution in [2.24, 2.45) is 4.99 Å². The van der Waals surface area contributed by atoms with Gasteiger partial charge in [-0.2, -0.15) is 0 Å². The minimum absolute atomic E-state index is 1.02. The quantitative estimate of drug-likeness (QED) is 0.446. The molecule has 0 unspecified atom stereocenters. The average molecular weight is 163 g/mol. The van der Waals surface area contributed by atoms with E-state index in [1.807, 2.05) is 26.0 Å². The van der Waals surface area contributed by atoms with Crippen LogP contribution in [-0.2, 0) is 0 Å². The predicted octanol–water partition coefficient (Wildman–Crippen LogP) is 3.50. The number of aliphatic imine (C=N–C) groups is 1. The highest BCUT2D eigenvalue weighted by Crippen LogP contribution is 2.09. The van der Waals surface area contributed by atoms with Crippen LogP contribution in [0, 0.1) is 0 Å². The zero-order chi connectivity index (χ0) is 9.56. The summed E-state index contributed by atoms with van der Waals surface area (Å²) < 4.78 is 0. The molecule has 0 aromatic carbocycles. The molecular formula is C11H17N. The Hall–Kier alpha value is -1.11.